The van der Waals surface area contributed by atoms with Crippen LogP contribution >= 0.6 is 11.8 Å². The van der Waals surface area contributed by atoms with Crippen molar-refractivity contribution in [1.29, 1.82) is 0 Å². The van der Waals surface area contributed by atoms with Crippen LogP contribution in [0.15, 0.2) is 29.4 Å². The third kappa shape index (κ3) is 1.56. The number of anilines is 1. The lowest BCUT2D eigenvalue weighted by atomic mass is 10.3. The van der Waals surface area contributed by atoms with Gasteiger partial charge in [0.2, 0.25) is 5.16 Å². The van der Waals surface area contributed by atoms with Crippen LogP contribution in [-0.4, -0.2) is 26.5 Å². The summed E-state index contributed by atoms with van der Waals surface area (Å²) in [7, 11) is 0. The van der Waals surface area contributed by atoms with Crippen molar-refractivity contribution in [3.05, 3.63) is 24.3 Å². The van der Waals surface area contributed by atoms with Crippen molar-refractivity contribution in [2.45, 2.75) is 5.16 Å². The molecule has 0 saturated carbocycles. The molecule has 0 spiro atoms. The average Bonchev–Trinajstić information content (AvgIpc) is 2.65. The average molecular weight is 207 g/mol. The minimum Gasteiger partial charge on any atom is -0.399 e. The molecule has 2 rings (SSSR count). The van der Waals surface area contributed by atoms with Gasteiger partial charge in [0.05, 0.1) is 5.69 Å². The first kappa shape index (κ1) is 9.01. The van der Waals surface area contributed by atoms with Crippen LogP contribution in [0.1, 0.15) is 0 Å². The fourth-order valence-electron chi connectivity index (χ4n) is 1.12. The van der Waals surface area contributed by atoms with Gasteiger partial charge in [-0.1, -0.05) is 17.8 Å². The Morgan fingerprint density at radius 1 is 1.43 bits per heavy atom. The van der Waals surface area contributed by atoms with E-state index in [1.54, 1.807) is 4.68 Å². The molecule has 0 aliphatic heterocycles. The van der Waals surface area contributed by atoms with Crippen molar-refractivity contribution in [3.63, 3.8) is 0 Å². The number of benzene rings is 1. The number of thioether (sulfide) groups is 1. The second-order valence-corrected chi connectivity index (χ2v) is 3.45. The third-order valence-corrected chi connectivity index (χ3v) is 2.36. The van der Waals surface area contributed by atoms with Gasteiger partial charge in [-0.25, -0.2) is 0 Å². The van der Waals surface area contributed by atoms with Crippen LogP contribution in [0.5, 0.6) is 0 Å². The van der Waals surface area contributed by atoms with Crippen LogP contribution < -0.4 is 5.73 Å². The van der Waals surface area contributed by atoms with Crippen molar-refractivity contribution in [2.24, 2.45) is 0 Å². The molecule has 1 heterocycles. The van der Waals surface area contributed by atoms with E-state index in [2.05, 4.69) is 15.5 Å². The Morgan fingerprint density at radius 3 is 3.00 bits per heavy atom. The Kier molecular flexibility index (Phi) is 2.36. The summed E-state index contributed by atoms with van der Waals surface area (Å²) in [5, 5.41) is 12.1. The highest BCUT2D eigenvalue weighted by molar-refractivity contribution is 7.98. The Balaban J connectivity index is 2.49. The van der Waals surface area contributed by atoms with Gasteiger partial charge in [-0.15, -0.1) is 5.10 Å². The molecule has 1 aromatic heterocycles. The number of rotatable bonds is 2. The van der Waals surface area contributed by atoms with E-state index in [4.69, 9.17) is 5.73 Å². The largest absolute Gasteiger partial charge is 0.399 e. The van der Waals surface area contributed by atoms with Crippen LogP contribution in [0.4, 0.5) is 5.69 Å². The number of nitrogen functional groups attached to an aromatic ring is 1. The number of hydrogen-bond donors (Lipinski definition) is 1. The molecule has 0 fully saturated rings. The molecule has 0 radical (unpaired) electrons. The van der Waals surface area contributed by atoms with Gasteiger partial charge in [0, 0.05) is 5.69 Å². The Hall–Kier alpha value is -1.56. The monoisotopic (exact) mass is 207 g/mol. The fourth-order valence-corrected chi connectivity index (χ4v) is 1.56. The molecule has 2 N–H and O–H groups in total. The first-order valence-corrected chi connectivity index (χ1v) is 5.22. The molecule has 14 heavy (non-hydrogen) atoms. The van der Waals surface area contributed by atoms with E-state index < -0.39 is 0 Å². The number of nitrogens with zero attached hydrogens (tertiary/aromatic N) is 4. The van der Waals surface area contributed by atoms with Crippen LogP contribution in [0.25, 0.3) is 5.69 Å². The molecule has 0 amide bonds. The zero-order valence-electron chi connectivity index (χ0n) is 7.58. The summed E-state index contributed by atoms with van der Waals surface area (Å²) >= 11 is 1.49. The van der Waals surface area contributed by atoms with Crippen molar-refractivity contribution >= 4 is 17.4 Å². The van der Waals surface area contributed by atoms with E-state index in [0.29, 0.717) is 5.69 Å². The minimum atomic E-state index is 0.699. The van der Waals surface area contributed by atoms with Gasteiger partial charge in [0.15, 0.2) is 0 Å². The van der Waals surface area contributed by atoms with Gasteiger partial charge in [-0.05, 0) is 34.9 Å². The molecular formula is C8H9N5S. The molecule has 0 bridgehead atoms. The van der Waals surface area contributed by atoms with E-state index in [1.165, 1.54) is 11.8 Å². The molecule has 1 aromatic carbocycles. The Labute approximate surface area is 85.3 Å². The molecule has 72 valence electrons. The van der Waals surface area contributed by atoms with Crippen molar-refractivity contribution in [3.8, 4) is 5.69 Å². The minimum absolute atomic E-state index is 0.699. The van der Waals surface area contributed by atoms with E-state index in [0.717, 1.165) is 10.8 Å². The zero-order valence-corrected chi connectivity index (χ0v) is 8.40. The molecule has 0 atom stereocenters. The van der Waals surface area contributed by atoms with Crippen LogP contribution in [0.2, 0.25) is 0 Å². The third-order valence-electron chi connectivity index (χ3n) is 1.74. The van der Waals surface area contributed by atoms with E-state index in [-0.39, 0.29) is 0 Å². The molecular weight excluding hydrogens is 198 g/mol. The smallest absolute Gasteiger partial charge is 0.213 e. The predicted octanol–water partition coefficient (Wildman–Crippen LogP) is 0.966. The van der Waals surface area contributed by atoms with Gasteiger partial charge in [-0.2, -0.15) is 4.68 Å². The molecule has 6 heteroatoms. The molecule has 0 aliphatic carbocycles. The number of tetrazole rings is 1. The molecule has 2 aromatic rings. The van der Waals surface area contributed by atoms with E-state index >= 15 is 0 Å². The van der Waals surface area contributed by atoms with Gasteiger partial charge in [0.25, 0.3) is 0 Å². The summed E-state index contributed by atoms with van der Waals surface area (Å²) in [5.74, 6) is 0. The standard InChI is InChI=1S/C8H9N5S/c1-14-8-10-11-12-13(8)7-4-2-3-6(9)5-7/h2-5H,9H2,1H3. The zero-order chi connectivity index (χ0) is 9.97. The van der Waals surface area contributed by atoms with Gasteiger partial charge < -0.3 is 5.73 Å². The highest BCUT2D eigenvalue weighted by Gasteiger charge is 2.05. The summed E-state index contributed by atoms with van der Waals surface area (Å²) < 4.78 is 1.65. The van der Waals surface area contributed by atoms with Crippen molar-refractivity contribution in [2.75, 3.05) is 12.0 Å². The van der Waals surface area contributed by atoms with E-state index in [9.17, 15) is 0 Å². The Morgan fingerprint density at radius 2 is 2.29 bits per heavy atom. The van der Waals surface area contributed by atoms with Crippen molar-refractivity contribution in [1.82, 2.24) is 20.2 Å². The first-order valence-electron chi connectivity index (χ1n) is 3.99. The normalized spacial score (nSPS) is 10.4. The maximum absolute atomic E-state index is 5.67. The summed E-state index contributed by atoms with van der Waals surface area (Å²) in [6.07, 6.45) is 1.93. The van der Waals surface area contributed by atoms with Gasteiger partial charge in [0.1, 0.15) is 0 Å². The topological polar surface area (TPSA) is 69.6 Å². The van der Waals surface area contributed by atoms with Crippen LogP contribution in [0.3, 0.4) is 0 Å². The van der Waals surface area contributed by atoms with Crippen LogP contribution in [0, 0.1) is 0 Å². The van der Waals surface area contributed by atoms with Crippen LogP contribution in [-0.2, 0) is 0 Å². The van der Waals surface area contributed by atoms with Gasteiger partial charge in [-0.3, -0.25) is 0 Å². The lowest BCUT2D eigenvalue weighted by molar-refractivity contribution is 0.757. The summed E-state index contributed by atoms with van der Waals surface area (Å²) in [6.45, 7) is 0. The van der Waals surface area contributed by atoms with Gasteiger partial charge >= 0.3 is 0 Å². The van der Waals surface area contributed by atoms with E-state index in [1.807, 2.05) is 30.5 Å². The predicted molar refractivity (Wildman–Crippen MR) is 55.3 cm³/mol. The quantitative estimate of drug-likeness (QED) is 0.587. The maximum atomic E-state index is 5.67. The summed E-state index contributed by atoms with van der Waals surface area (Å²) in [4.78, 5) is 0. The molecule has 0 aliphatic rings. The van der Waals surface area contributed by atoms with Crippen molar-refractivity contribution < 1.29 is 0 Å². The highest BCUT2D eigenvalue weighted by Crippen LogP contribution is 2.16. The summed E-state index contributed by atoms with van der Waals surface area (Å²) in [6, 6.07) is 7.44. The number of aromatic nitrogens is 4. The SMILES string of the molecule is CSc1nnnn1-c1cccc(N)c1. The lowest BCUT2D eigenvalue weighted by Gasteiger charge is -2.02. The lowest BCUT2D eigenvalue weighted by Crippen LogP contribution is -1.99. The number of nitrogens with two attached hydrogens (primary N) is 1. The highest BCUT2D eigenvalue weighted by atomic mass is 32.2. The Bertz CT molecular complexity index is 439. The second-order valence-electron chi connectivity index (χ2n) is 2.67. The maximum Gasteiger partial charge on any atom is 0.213 e. The molecule has 0 unspecified atom stereocenters. The molecule has 5 nitrogen and oxygen atoms in total. The summed E-state index contributed by atoms with van der Waals surface area (Å²) in [5.41, 5.74) is 7.24. The number of hydrogen-bond acceptors (Lipinski definition) is 5. The molecule has 0 saturated heterocycles. The fraction of sp³-hybridized carbons (Fsp3) is 0.125. The first-order chi connectivity index (χ1) is 6.81. The second kappa shape index (κ2) is 3.67.